The lowest BCUT2D eigenvalue weighted by molar-refractivity contribution is -0.128. The summed E-state index contributed by atoms with van der Waals surface area (Å²) in [7, 11) is 0. The smallest absolute Gasteiger partial charge is 0.251 e. The number of amides is 2. The first-order valence-electron chi connectivity index (χ1n) is 6.76. The van der Waals surface area contributed by atoms with E-state index in [0.29, 0.717) is 18.7 Å². The zero-order valence-electron chi connectivity index (χ0n) is 12.7. The third-order valence-electron chi connectivity index (χ3n) is 3.09. The number of nitrogens with one attached hydrogen (secondary N) is 2. The van der Waals surface area contributed by atoms with E-state index in [1.165, 1.54) is 0 Å². The van der Waals surface area contributed by atoms with Crippen molar-refractivity contribution >= 4 is 24.2 Å². The highest BCUT2D eigenvalue weighted by Gasteiger charge is 2.27. The summed E-state index contributed by atoms with van der Waals surface area (Å²) < 4.78 is 0. The summed E-state index contributed by atoms with van der Waals surface area (Å²) in [6, 6.07) is 7.11. The number of hydrogen-bond acceptors (Lipinski definition) is 3. The zero-order chi connectivity index (χ0) is 15.2. The SMILES string of the molecule is CCNC(=O)C(C)(C)CNC(=O)c1ccc(CN)cc1.Cl. The third-order valence-corrected chi connectivity index (χ3v) is 3.09. The summed E-state index contributed by atoms with van der Waals surface area (Å²) in [4.78, 5) is 23.8. The number of rotatable bonds is 6. The number of carbonyl (C=O) groups is 2. The monoisotopic (exact) mass is 313 g/mol. The maximum atomic E-state index is 12.0. The Hall–Kier alpha value is -1.59. The fourth-order valence-corrected chi connectivity index (χ4v) is 1.68. The molecule has 118 valence electrons. The minimum absolute atomic E-state index is 0. The lowest BCUT2D eigenvalue weighted by Gasteiger charge is -2.23. The number of hydrogen-bond donors (Lipinski definition) is 3. The van der Waals surface area contributed by atoms with Gasteiger partial charge in [0.1, 0.15) is 0 Å². The summed E-state index contributed by atoms with van der Waals surface area (Å²) in [5, 5.41) is 5.55. The standard InChI is InChI=1S/C15H23N3O2.ClH/c1-4-17-14(20)15(2,3)10-18-13(19)12-7-5-11(9-16)6-8-12;/h5-8H,4,9-10,16H2,1-3H3,(H,17,20)(H,18,19);1H. The van der Waals surface area contributed by atoms with Crippen LogP contribution >= 0.6 is 12.4 Å². The molecule has 0 fully saturated rings. The molecule has 1 aromatic rings. The highest BCUT2D eigenvalue weighted by Crippen LogP contribution is 2.14. The van der Waals surface area contributed by atoms with Crippen molar-refractivity contribution in [3.05, 3.63) is 35.4 Å². The van der Waals surface area contributed by atoms with Gasteiger partial charge >= 0.3 is 0 Å². The summed E-state index contributed by atoms with van der Waals surface area (Å²) in [5.41, 5.74) is 6.41. The van der Waals surface area contributed by atoms with Crippen LogP contribution in [0.15, 0.2) is 24.3 Å². The van der Waals surface area contributed by atoms with Gasteiger partial charge in [-0.15, -0.1) is 12.4 Å². The molecule has 0 aliphatic carbocycles. The lowest BCUT2D eigenvalue weighted by atomic mass is 9.92. The van der Waals surface area contributed by atoms with E-state index in [1.54, 1.807) is 26.0 Å². The van der Waals surface area contributed by atoms with Crippen molar-refractivity contribution in [2.75, 3.05) is 13.1 Å². The van der Waals surface area contributed by atoms with Gasteiger partial charge in [0, 0.05) is 25.2 Å². The first-order valence-corrected chi connectivity index (χ1v) is 6.76. The second-order valence-electron chi connectivity index (χ2n) is 5.33. The van der Waals surface area contributed by atoms with Crippen molar-refractivity contribution in [3.8, 4) is 0 Å². The van der Waals surface area contributed by atoms with Gasteiger partial charge in [-0.1, -0.05) is 12.1 Å². The molecule has 1 rings (SSSR count). The molecule has 6 heteroatoms. The van der Waals surface area contributed by atoms with Crippen molar-refractivity contribution in [2.45, 2.75) is 27.3 Å². The van der Waals surface area contributed by atoms with Crippen LogP contribution in [0.25, 0.3) is 0 Å². The Balaban J connectivity index is 0.00000400. The quantitative estimate of drug-likeness (QED) is 0.743. The van der Waals surface area contributed by atoms with Gasteiger partial charge in [0.05, 0.1) is 5.41 Å². The van der Waals surface area contributed by atoms with Crippen LogP contribution in [-0.2, 0) is 11.3 Å². The van der Waals surface area contributed by atoms with Gasteiger partial charge < -0.3 is 16.4 Å². The molecule has 0 unspecified atom stereocenters. The maximum absolute atomic E-state index is 12.0. The lowest BCUT2D eigenvalue weighted by Crippen LogP contribution is -2.44. The van der Waals surface area contributed by atoms with Crippen LogP contribution in [0.3, 0.4) is 0 Å². The zero-order valence-corrected chi connectivity index (χ0v) is 13.5. The van der Waals surface area contributed by atoms with Gasteiger partial charge in [0.15, 0.2) is 0 Å². The van der Waals surface area contributed by atoms with E-state index in [2.05, 4.69) is 10.6 Å². The van der Waals surface area contributed by atoms with E-state index in [1.807, 2.05) is 19.1 Å². The van der Waals surface area contributed by atoms with Crippen LogP contribution in [0, 0.1) is 5.41 Å². The molecule has 4 N–H and O–H groups in total. The van der Waals surface area contributed by atoms with Crippen LogP contribution < -0.4 is 16.4 Å². The van der Waals surface area contributed by atoms with E-state index in [4.69, 9.17) is 5.73 Å². The van der Waals surface area contributed by atoms with Crippen LogP contribution in [0.1, 0.15) is 36.7 Å². The molecular formula is C15H24ClN3O2. The minimum atomic E-state index is -0.636. The number of benzene rings is 1. The summed E-state index contributed by atoms with van der Waals surface area (Å²) in [5.74, 6) is -0.260. The van der Waals surface area contributed by atoms with Crippen LogP contribution in [0.4, 0.5) is 0 Å². The highest BCUT2D eigenvalue weighted by atomic mass is 35.5. The Kier molecular flexibility index (Phi) is 7.99. The Morgan fingerprint density at radius 2 is 1.71 bits per heavy atom. The van der Waals surface area contributed by atoms with E-state index < -0.39 is 5.41 Å². The Labute approximate surface area is 132 Å². The van der Waals surface area contributed by atoms with Gasteiger partial charge in [0.25, 0.3) is 5.91 Å². The molecule has 5 nitrogen and oxygen atoms in total. The Bertz CT molecular complexity index is 472. The second-order valence-corrected chi connectivity index (χ2v) is 5.33. The Morgan fingerprint density at radius 1 is 1.14 bits per heavy atom. The van der Waals surface area contributed by atoms with Crippen molar-refractivity contribution in [1.82, 2.24) is 10.6 Å². The first-order chi connectivity index (χ1) is 9.40. The van der Waals surface area contributed by atoms with E-state index in [9.17, 15) is 9.59 Å². The van der Waals surface area contributed by atoms with Gasteiger partial charge in [-0.3, -0.25) is 9.59 Å². The van der Waals surface area contributed by atoms with Gasteiger partial charge in [-0.25, -0.2) is 0 Å². The van der Waals surface area contributed by atoms with Crippen molar-refractivity contribution < 1.29 is 9.59 Å². The van der Waals surface area contributed by atoms with Crippen molar-refractivity contribution in [2.24, 2.45) is 11.1 Å². The van der Waals surface area contributed by atoms with E-state index in [-0.39, 0.29) is 30.8 Å². The molecule has 21 heavy (non-hydrogen) atoms. The molecule has 0 radical (unpaired) electrons. The molecule has 0 heterocycles. The molecule has 0 bridgehead atoms. The molecule has 0 spiro atoms. The summed E-state index contributed by atoms with van der Waals surface area (Å²) >= 11 is 0. The van der Waals surface area contributed by atoms with Crippen molar-refractivity contribution in [3.63, 3.8) is 0 Å². The molecule has 1 aromatic carbocycles. The molecule has 0 saturated carbocycles. The summed E-state index contributed by atoms with van der Waals surface area (Å²) in [6.07, 6.45) is 0. The number of halogens is 1. The van der Waals surface area contributed by atoms with Crippen LogP contribution in [-0.4, -0.2) is 24.9 Å². The largest absolute Gasteiger partial charge is 0.356 e. The summed E-state index contributed by atoms with van der Waals surface area (Å²) in [6.45, 7) is 6.79. The molecule has 0 saturated heterocycles. The fourth-order valence-electron chi connectivity index (χ4n) is 1.68. The molecule has 2 amide bonds. The highest BCUT2D eigenvalue weighted by molar-refractivity contribution is 5.94. The van der Waals surface area contributed by atoms with E-state index in [0.717, 1.165) is 5.56 Å². The molecule has 0 atom stereocenters. The molecule has 0 aliphatic heterocycles. The normalized spacial score (nSPS) is 10.5. The topological polar surface area (TPSA) is 84.2 Å². The number of nitrogens with two attached hydrogens (primary N) is 1. The Morgan fingerprint density at radius 3 is 2.19 bits per heavy atom. The average molecular weight is 314 g/mol. The molecule has 0 aliphatic rings. The molecular weight excluding hydrogens is 290 g/mol. The van der Waals surface area contributed by atoms with Crippen molar-refractivity contribution in [1.29, 1.82) is 0 Å². The van der Waals surface area contributed by atoms with Gasteiger partial charge in [-0.2, -0.15) is 0 Å². The average Bonchev–Trinajstić information content (AvgIpc) is 2.45. The van der Waals surface area contributed by atoms with Crippen LogP contribution in [0.2, 0.25) is 0 Å². The van der Waals surface area contributed by atoms with Gasteiger partial charge in [0.2, 0.25) is 5.91 Å². The molecule has 0 aromatic heterocycles. The fraction of sp³-hybridized carbons (Fsp3) is 0.467. The third kappa shape index (κ3) is 5.73. The van der Waals surface area contributed by atoms with Gasteiger partial charge in [-0.05, 0) is 38.5 Å². The minimum Gasteiger partial charge on any atom is -0.356 e. The van der Waals surface area contributed by atoms with E-state index >= 15 is 0 Å². The maximum Gasteiger partial charge on any atom is 0.251 e. The first kappa shape index (κ1) is 19.4. The number of carbonyl (C=O) groups excluding carboxylic acids is 2. The van der Waals surface area contributed by atoms with Crippen LogP contribution in [0.5, 0.6) is 0 Å². The predicted octanol–water partition coefficient (Wildman–Crippen LogP) is 1.46. The second kappa shape index (κ2) is 8.64. The predicted molar refractivity (Wildman–Crippen MR) is 86.4 cm³/mol.